The van der Waals surface area contributed by atoms with Gasteiger partial charge in [0.05, 0.1) is 0 Å². The number of benzene rings is 1. The van der Waals surface area contributed by atoms with Crippen molar-refractivity contribution in [1.29, 1.82) is 5.26 Å². The van der Waals surface area contributed by atoms with Gasteiger partial charge in [0.1, 0.15) is 17.4 Å². The second-order valence-electron chi connectivity index (χ2n) is 4.86. The van der Waals surface area contributed by atoms with Crippen LogP contribution in [0.15, 0.2) is 42.6 Å². The maximum Gasteiger partial charge on any atom is 0.152 e. The quantitative estimate of drug-likeness (QED) is 0.705. The highest BCUT2D eigenvalue weighted by Gasteiger charge is 2.14. The smallest absolute Gasteiger partial charge is 0.152 e. The lowest BCUT2D eigenvalue weighted by Gasteiger charge is -2.00. The monoisotopic (exact) mass is 261 g/mol. The Morgan fingerprint density at radius 2 is 1.95 bits per heavy atom. The van der Waals surface area contributed by atoms with E-state index in [1.165, 1.54) is 5.56 Å². The summed E-state index contributed by atoms with van der Waals surface area (Å²) >= 11 is 0. The molecule has 0 amide bonds. The lowest BCUT2D eigenvalue weighted by Crippen LogP contribution is -1.90. The predicted molar refractivity (Wildman–Crippen MR) is 79.5 cm³/mol. The average molecular weight is 261 g/mol. The number of fused-ring (bicyclic) bond motifs is 1. The summed E-state index contributed by atoms with van der Waals surface area (Å²) in [5.41, 5.74) is 5.53. The molecule has 0 atom stereocenters. The number of pyridine rings is 1. The number of aromatic nitrogens is 2. The van der Waals surface area contributed by atoms with Crippen LogP contribution in [-0.2, 0) is 6.42 Å². The summed E-state index contributed by atoms with van der Waals surface area (Å²) in [5, 5.41) is 9.45. The van der Waals surface area contributed by atoms with Crippen LogP contribution in [-0.4, -0.2) is 9.38 Å². The van der Waals surface area contributed by atoms with E-state index in [4.69, 9.17) is 0 Å². The fraction of sp³-hybridized carbons (Fsp3) is 0.176. The first-order valence-corrected chi connectivity index (χ1v) is 6.71. The maximum atomic E-state index is 9.45. The Labute approximate surface area is 118 Å². The van der Waals surface area contributed by atoms with Gasteiger partial charge >= 0.3 is 0 Å². The molecule has 0 radical (unpaired) electrons. The van der Waals surface area contributed by atoms with E-state index in [2.05, 4.69) is 30.1 Å². The summed E-state index contributed by atoms with van der Waals surface area (Å²) < 4.78 is 1.86. The molecule has 0 saturated carbocycles. The van der Waals surface area contributed by atoms with E-state index in [0.717, 1.165) is 28.9 Å². The van der Waals surface area contributed by atoms with E-state index in [0.29, 0.717) is 5.69 Å². The molecule has 20 heavy (non-hydrogen) atoms. The molecule has 0 unspecified atom stereocenters. The van der Waals surface area contributed by atoms with E-state index in [1.807, 2.05) is 41.8 Å². The lowest BCUT2D eigenvalue weighted by molar-refractivity contribution is 1.13. The highest BCUT2D eigenvalue weighted by atomic mass is 15.0. The summed E-state index contributed by atoms with van der Waals surface area (Å²) in [7, 11) is 0. The largest absolute Gasteiger partial charge is 0.291 e. The van der Waals surface area contributed by atoms with E-state index in [1.54, 1.807) is 0 Å². The summed E-state index contributed by atoms with van der Waals surface area (Å²) in [6, 6.07) is 14.5. The van der Waals surface area contributed by atoms with Gasteiger partial charge in [-0.05, 0) is 30.5 Å². The van der Waals surface area contributed by atoms with Crippen LogP contribution in [0.4, 0.5) is 0 Å². The Balaban J connectivity index is 2.25. The van der Waals surface area contributed by atoms with Crippen LogP contribution in [0.25, 0.3) is 16.9 Å². The van der Waals surface area contributed by atoms with Crippen LogP contribution >= 0.6 is 0 Å². The van der Waals surface area contributed by atoms with Crippen molar-refractivity contribution >= 4 is 5.65 Å². The molecule has 0 spiro atoms. The van der Waals surface area contributed by atoms with Gasteiger partial charge in [-0.2, -0.15) is 5.26 Å². The Kier molecular flexibility index (Phi) is 3.00. The minimum Gasteiger partial charge on any atom is -0.291 e. The number of aryl methyl sites for hydroxylation is 2. The van der Waals surface area contributed by atoms with E-state index < -0.39 is 0 Å². The van der Waals surface area contributed by atoms with Gasteiger partial charge in [0, 0.05) is 11.8 Å². The average Bonchev–Trinajstić information content (AvgIpc) is 2.87. The van der Waals surface area contributed by atoms with Crippen molar-refractivity contribution in [2.24, 2.45) is 0 Å². The van der Waals surface area contributed by atoms with Crippen molar-refractivity contribution in [3.8, 4) is 17.3 Å². The molecule has 0 aliphatic carbocycles. The van der Waals surface area contributed by atoms with Crippen LogP contribution in [0.2, 0.25) is 0 Å². The van der Waals surface area contributed by atoms with E-state index in [-0.39, 0.29) is 0 Å². The van der Waals surface area contributed by atoms with E-state index >= 15 is 0 Å². The summed E-state index contributed by atoms with van der Waals surface area (Å²) in [6.07, 6.45) is 2.90. The Hall–Kier alpha value is -2.60. The summed E-state index contributed by atoms with van der Waals surface area (Å²) in [6.45, 7) is 4.14. The zero-order valence-electron chi connectivity index (χ0n) is 11.6. The Bertz CT molecular complexity index is 805. The topological polar surface area (TPSA) is 41.1 Å². The number of rotatable bonds is 2. The van der Waals surface area contributed by atoms with Crippen LogP contribution < -0.4 is 0 Å². The molecule has 0 N–H and O–H groups in total. The molecule has 0 aliphatic rings. The molecule has 2 aromatic heterocycles. The fourth-order valence-electron chi connectivity index (χ4n) is 2.41. The molecule has 0 fully saturated rings. The van der Waals surface area contributed by atoms with Crippen LogP contribution in [0, 0.1) is 18.3 Å². The summed E-state index contributed by atoms with van der Waals surface area (Å²) in [5.74, 6) is 0. The first-order chi connectivity index (χ1) is 9.74. The molecule has 3 aromatic rings. The number of hydrogen-bond donors (Lipinski definition) is 0. The van der Waals surface area contributed by atoms with Crippen molar-refractivity contribution in [3.63, 3.8) is 0 Å². The predicted octanol–water partition coefficient (Wildman–Crippen LogP) is 3.74. The van der Waals surface area contributed by atoms with Gasteiger partial charge in [-0.25, -0.2) is 4.98 Å². The van der Waals surface area contributed by atoms with Crippen molar-refractivity contribution in [2.75, 3.05) is 0 Å². The second-order valence-corrected chi connectivity index (χ2v) is 4.86. The standard InChI is InChI=1S/C17H15N3/c1-3-13-6-8-14(9-7-13)16-15(11-18)20-10-4-5-12(2)17(20)19-16/h4-10H,3H2,1-2H3. The normalized spacial score (nSPS) is 10.7. The molecule has 0 bridgehead atoms. The molecule has 3 heteroatoms. The van der Waals surface area contributed by atoms with Gasteiger partial charge in [0.15, 0.2) is 5.69 Å². The minimum absolute atomic E-state index is 0.591. The zero-order chi connectivity index (χ0) is 14.1. The fourth-order valence-corrected chi connectivity index (χ4v) is 2.41. The van der Waals surface area contributed by atoms with Crippen LogP contribution in [0.3, 0.4) is 0 Å². The molecule has 2 heterocycles. The number of nitriles is 1. The first-order valence-electron chi connectivity index (χ1n) is 6.71. The van der Waals surface area contributed by atoms with Crippen molar-refractivity contribution in [3.05, 3.63) is 59.4 Å². The molecule has 98 valence electrons. The molecule has 3 rings (SSSR count). The van der Waals surface area contributed by atoms with Gasteiger partial charge in [-0.3, -0.25) is 4.40 Å². The van der Waals surface area contributed by atoms with Gasteiger partial charge in [0.2, 0.25) is 0 Å². The number of nitrogens with zero attached hydrogens (tertiary/aromatic N) is 3. The third-order valence-corrected chi connectivity index (χ3v) is 3.59. The highest BCUT2D eigenvalue weighted by molar-refractivity contribution is 5.70. The third kappa shape index (κ3) is 1.86. The SMILES string of the molecule is CCc1ccc(-c2nc3c(C)cccn3c2C#N)cc1. The molecule has 3 nitrogen and oxygen atoms in total. The van der Waals surface area contributed by atoms with Crippen molar-refractivity contribution in [2.45, 2.75) is 20.3 Å². The number of hydrogen-bond acceptors (Lipinski definition) is 2. The second kappa shape index (κ2) is 4.82. The van der Waals surface area contributed by atoms with Gasteiger partial charge < -0.3 is 0 Å². The molecule has 0 aliphatic heterocycles. The van der Waals surface area contributed by atoms with Crippen molar-refractivity contribution < 1.29 is 0 Å². The molecule has 1 aromatic carbocycles. The molecule has 0 saturated heterocycles. The lowest BCUT2D eigenvalue weighted by atomic mass is 10.1. The minimum atomic E-state index is 0.591. The summed E-state index contributed by atoms with van der Waals surface area (Å²) in [4.78, 5) is 4.65. The Morgan fingerprint density at radius 1 is 1.20 bits per heavy atom. The van der Waals surface area contributed by atoms with Gasteiger partial charge in [-0.1, -0.05) is 37.3 Å². The van der Waals surface area contributed by atoms with Crippen LogP contribution in [0.1, 0.15) is 23.7 Å². The zero-order valence-corrected chi connectivity index (χ0v) is 11.6. The highest BCUT2D eigenvalue weighted by Crippen LogP contribution is 2.25. The molecular formula is C17H15N3. The third-order valence-electron chi connectivity index (χ3n) is 3.59. The molecular weight excluding hydrogens is 246 g/mol. The Morgan fingerprint density at radius 3 is 2.60 bits per heavy atom. The van der Waals surface area contributed by atoms with Gasteiger partial charge in [-0.15, -0.1) is 0 Å². The van der Waals surface area contributed by atoms with E-state index in [9.17, 15) is 5.26 Å². The first kappa shape index (κ1) is 12.4. The maximum absolute atomic E-state index is 9.45. The number of imidazole rings is 1. The van der Waals surface area contributed by atoms with Crippen LogP contribution in [0.5, 0.6) is 0 Å². The van der Waals surface area contributed by atoms with Crippen molar-refractivity contribution in [1.82, 2.24) is 9.38 Å². The van der Waals surface area contributed by atoms with Gasteiger partial charge in [0.25, 0.3) is 0 Å².